The lowest BCUT2D eigenvalue weighted by Crippen LogP contribution is -2.48. The highest BCUT2D eigenvalue weighted by atomic mass is 28.4. The van der Waals surface area contributed by atoms with Gasteiger partial charge in [-0.25, -0.2) is 4.79 Å². The third-order valence-electron chi connectivity index (χ3n) is 3.94. The number of aliphatic hydroxyl groups excluding tert-OH is 1. The number of carbonyl (C=O) groups is 1. The van der Waals surface area contributed by atoms with Crippen molar-refractivity contribution in [1.82, 2.24) is 5.32 Å². The molecule has 144 valence electrons. The number of aliphatic hydroxyl groups is 1. The molecule has 0 aromatic heterocycles. The van der Waals surface area contributed by atoms with Gasteiger partial charge in [-0.1, -0.05) is 20.8 Å². The van der Waals surface area contributed by atoms with E-state index in [4.69, 9.17) is 19.0 Å². The highest BCUT2D eigenvalue weighted by molar-refractivity contribution is 6.74. The maximum atomic E-state index is 12.0. The number of ether oxygens (including phenoxy) is 2. The van der Waals surface area contributed by atoms with Crippen LogP contribution in [0.25, 0.3) is 0 Å². The smallest absolute Gasteiger partial charge is 0.408 e. The first-order chi connectivity index (χ1) is 10.8. The predicted octanol–water partition coefficient (Wildman–Crippen LogP) is 3.30. The predicted molar refractivity (Wildman–Crippen MR) is 98.8 cm³/mol. The van der Waals surface area contributed by atoms with E-state index in [1.165, 1.54) is 0 Å². The summed E-state index contributed by atoms with van der Waals surface area (Å²) in [6.07, 6.45) is 0.0968. The van der Waals surface area contributed by atoms with Crippen LogP contribution in [0.5, 0.6) is 0 Å². The second-order valence-corrected chi connectivity index (χ2v) is 13.4. The van der Waals surface area contributed by atoms with E-state index < -0.39 is 20.0 Å². The van der Waals surface area contributed by atoms with Gasteiger partial charge in [-0.05, 0) is 45.3 Å². The van der Waals surface area contributed by atoms with E-state index in [0.29, 0.717) is 26.2 Å². The zero-order valence-electron chi connectivity index (χ0n) is 16.7. The van der Waals surface area contributed by atoms with Crippen molar-refractivity contribution in [3.05, 3.63) is 0 Å². The van der Waals surface area contributed by atoms with Crippen molar-refractivity contribution in [3.63, 3.8) is 0 Å². The molecule has 24 heavy (non-hydrogen) atoms. The normalized spacial score (nSPS) is 14.4. The van der Waals surface area contributed by atoms with Crippen molar-refractivity contribution >= 4 is 14.4 Å². The highest BCUT2D eigenvalue weighted by Crippen LogP contribution is 2.36. The van der Waals surface area contributed by atoms with Gasteiger partial charge in [0.15, 0.2) is 8.32 Å². The van der Waals surface area contributed by atoms with Gasteiger partial charge < -0.3 is 24.3 Å². The molecule has 0 rings (SSSR count). The number of nitrogens with one attached hydrogen (secondary N) is 1. The fourth-order valence-electron chi connectivity index (χ4n) is 1.52. The molecule has 0 heterocycles. The molecule has 0 aromatic rings. The van der Waals surface area contributed by atoms with E-state index in [9.17, 15) is 4.79 Å². The Morgan fingerprint density at radius 3 is 2.17 bits per heavy atom. The molecule has 2 N–H and O–H groups in total. The summed E-state index contributed by atoms with van der Waals surface area (Å²) < 4.78 is 17.0. The van der Waals surface area contributed by atoms with Crippen molar-refractivity contribution < 1.29 is 23.8 Å². The summed E-state index contributed by atoms with van der Waals surface area (Å²) in [5.41, 5.74) is -0.549. The fraction of sp³-hybridized carbons (Fsp3) is 0.941. The summed E-state index contributed by atoms with van der Waals surface area (Å²) in [6.45, 7) is 17.6. The van der Waals surface area contributed by atoms with Crippen LogP contribution < -0.4 is 5.32 Å². The van der Waals surface area contributed by atoms with E-state index in [1.54, 1.807) is 0 Å². The molecular weight excluding hydrogens is 326 g/mol. The Labute approximate surface area is 148 Å². The molecule has 0 saturated carbocycles. The van der Waals surface area contributed by atoms with Crippen LogP contribution >= 0.6 is 0 Å². The van der Waals surface area contributed by atoms with E-state index in [2.05, 4.69) is 39.2 Å². The molecular formula is C17H37NO5Si. The van der Waals surface area contributed by atoms with E-state index >= 15 is 0 Å². The first-order valence-electron chi connectivity index (χ1n) is 8.60. The van der Waals surface area contributed by atoms with Crippen LogP contribution in [-0.2, 0) is 13.9 Å². The van der Waals surface area contributed by atoms with Crippen LogP contribution in [0.15, 0.2) is 0 Å². The zero-order valence-corrected chi connectivity index (χ0v) is 17.7. The largest absolute Gasteiger partial charge is 0.444 e. The lowest BCUT2D eigenvalue weighted by molar-refractivity contribution is 0.0379. The van der Waals surface area contributed by atoms with Crippen LogP contribution in [0.1, 0.15) is 48.0 Å². The van der Waals surface area contributed by atoms with Crippen molar-refractivity contribution in [1.29, 1.82) is 0 Å². The molecule has 0 bridgehead atoms. The van der Waals surface area contributed by atoms with Crippen LogP contribution in [0, 0.1) is 0 Å². The third kappa shape index (κ3) is 10.3. The monoisotopic (exact) mass is 363 g/mol. The average molecular weight is 364 g/mol. The number of hydrogen-bond acceptors (Lipinski definition) is 5. The molecule has 1 amide bonds. The number of rotatable bonds is 9. The summed E-state index contributed by atoms with van der Waals surface area (Å²) in [5, 5.41) is 11.7. The molecule has 0 saturated heterocycles. The molecule has 1 atom stereocenters. The van der Waals surface area contributed by atoms with Crippen LogP contribution in [0.3, 0.4) is 0 Å². The first kappa shape index (κ1) is 23.4. The molecule has 0 aliphatic carbocycles. The standard InChI is InChI=1S/C17H37NO5Si/c1-16(2,3)23-15(20)18-14(12-21-11-9-10-19)13-22-24(7,8)17(4,5)6/h14,19H,9-13H2,1-8H3,(H,18,20)/t14-/m0/s1. The number of alkyl carbamates (subject to hydrolysis) is 1. The van der Waals surface area contributed by atoms with Crippen LogP contribution in [-0.4, -0.2) is 57.6 Å². The molecule has 0 aliphatic rings. The second kappa shape index (κ2) is 9.75. The van der Waals surface area contributed by atoms with Gasteiger partial charge in [0.05, 0.1) is 19.3 Å². The van der Waals surface area contributed by atoms with Crippen molar-refractivity contribution in [2.24, 2.45) is 0 Å². The Morgan fingerprint density at radius 1 is 1.12 bits per heavy atom. The van der Waals surface area contributed by atoms with Gasteiger partial charge in [-0.3, -0.25) is 0 Å². The molecule has 0 aromatic carbocycles. The van der Waals surface area contributed by atoms with Crippen LogP contribution in [0.2, 0.25) is 18.1 Å². The summed E-state index contributed by atoms with van der Waals surface area (Å²) in [5.74, 6) is 0. The maximum Gasteiger partial charge on any atom is 0.408 e. The Morgan fingerprint density at radius 2 is 1.71 bits per heavy atom. The number of amides is 1. The molecule has 0 fully saturated rings. The molecule has 6 nitrogen and oxygen atoms in total. The fourth-order valence-corrected chi connectivity index (χ4v) is 2.57. The molecule has 0 radical (unpaired) electrons. The SMILES string of the molecule is CC(C)(C)OC(=O)N[C@@H](COCCCO)CO[Si](C)(C)C(C)(C)C. The minimum Gasteiger partial charge on any atom is -0.444 e. The van der Waals surface area contributed by atoms with Crippen molar-refractivity contribution in [3.8, 4) is 0 Å². The van der Waals surface area contributed by atoms with Crippen molar-refractivity contribution in [2.75, 3.05) is 26.4 Å². The lowest BCUT2D eigenvalue weighted by atomic mass is 10.2. The Bertz CT molecular complexity index is 374. The molecule has 0 spiro atoms. The van der Waals surface area contributed by atoms with E-state index in [1.807, 2.05) is 20.8 Å². The first-order valence-corrected chi connectivity index (χ1v) is 11.5. The van der Waals surface area contributed by atoms with Gasteiger partial charge in [0.1, 0.15) is 5.60 Å². The van der Waals surface area contributed by atoms with E-state index in [-0.39, 0.29) is 17.7 Å². The highest BCUT2D eigenvalue weighted by Gasteiger charge is 2.37. The van der Waals surface area contributed by atoms with Gasteiger partial charge in [-0.2, -0.15) is 0 Å². The minimum absolute atomic E-state index is 0.0879. The molecule has 7 heteroatoms. The van der Waals surface area contributed by atoms with Gasteiger partial charge in [-0.15, -0.1) is 0 Å². The second-order valence-electron chi connectivity index (χ2n) is 8.57. The van der Waals surface area contributed by atoms with Gasteiger partial charge in [0.25, 0.3) is 0 Å². The Balaban J connectivity index is 4.66. The molecule has 0 aliphatic heterocycles. The van der Waals surface area contributed by atoms with Gasteiger partial charge >= 0.3 is 6.09 Å². The summed E-state index contributed by atoms with van der Waals surface area (Å²) in [6, 6.07) is -0.285. The Hall–Kier alpha value is -0.633. The number of hydrogen-bond donors (Lipinski definition) is 2. The zero-order chi connectivity index (χ0) is 19.0. The van der Waals surface area contributed by atoms with Gasteiger partial charge in [0.2, 0.25) is 0 Å². The third-order valence-corrected chi connectivity index (χ3v) is 8.44. The summed E-state index contributed by atoms with van der Waals surface area (Å²) >= 11 is 0. The Kier molecular flexibility index (Phi) is 9.49. The average Bonchev–Trinajstić information content (AvgIpc) is 2.37. The summed E-state index contributed by atoms with van der Waals surface area (Å²) in [7, 11) is -1.91. The maximum absolute atomic E-state index is 12.0. The number of carbonyl (C=O) groups excluding carboxylic acids is 1. The van der Waals surface area contributed by atoms with Gasteiger partial charge in [0, 0.05) is 13.2 Å². The molecule has 0 unspecified atom stereocenters. The van der Waals surface area contributed by atoms with E-state index in [0.717, 1.165) is 0 Å². The minimum atomic E-state index is -1.91. The lowest BCUT2D eigenvalue weighted by Gasteiger charge is -2.37. The quantitative estimate of drug-likeness (QED) is 0.485. The van der Waals surface area contributed by atoms with Crippen molar-refractivity contribution in [2.45, 2.75) is 77.7 Å². The topological polar surface area (TPSA) is 77.0 Å². The van der Waals surface area contributed by atoms with Crippen LogP contribution in [0.4, 0.5) is 4.79 Å². The summed E-state index contributed by atoms with van der Waals surface area (Å²) in [4.78, 5) is 12.0.